The predicted octanol–water partition coefficient (Wildman–Crippen LogP) is 4.11. The van der Waals surface area contributed by atoms with E-state index in [4.69, 9.17) is 4.74 Å². The van der Waals surface area contributed by atoms with Gasteiger partial charge >= 0.3 is 6.11 Å². The molecule has 1 atom stereocenters. The zero-order valence-corrected chi connectivity index (χ0v) is 17.1. The fourth-order valence-electron chi connectivity index (χ4n) is 3.82. The van der Waals surface area contributed by atoms with E-state index in [1.54, 1.807) is 12.1 Å². The van der Waals surface area contributed by atoms with Crippen LogP contribution in [0, 0.1) is 11.6 Å². The van der Waals surface area contributed by atoms with Gasteiger partial charge in [-0.3, -0.25) is 0 Å². The largest absolute Gasteiger partial charge is 0.433 e. The zero-order chi connectivity index (χ0) is 22.8. The molecule has 3 aromatic rings. The highest BCUT2D eigenvalue weighted by molar-refractivity contribution is 5.49. The molecule has 1 N–H and O–H groups in total. The predicted molar refractivity (Wildman–Crippen MR) is 108 cm³/mol. The summed E-state index contributed by atoms with van der Waals surface area (Å²) in [6.07, 6.45) is 1.16. The van der Waals surface area contributed by atoms with E-state index in [1.165, 1.54) is 12.1 Å². The summed E-state index contributed by atoms with van der Waals surface area (Å²) in [4.78, 5) is 5.81. The molecule has 32 heavy (non-hydrogen) atoms. The van der Waals surface area contributed by atoms with E-state index < -0.39 is 35.5 Å². The van der Waals surface area contributed by atoms with Crippen LogP contribution in [0.2, 0.25) is 0 Å². The van der Waals surface area contributed by atoms with Crippen molar-refractivity contribution in [3.05, 3.63) is 72.3 Å². The van der Waals surface area contributed by atoms with Crippen molar-refractivity contribution in [2.45, 2.75) is 37.5 Å². The van der Waals surface area contributed by atoms with Crippen LogP contribution >= 0.6 is 0 Å². The van der Waals surface area contributed by atoms with Crippen molar-refractivity contribution in [2.75, 3.05) is 18.0 Å². The Hall–Kier alpha value is -3.14. The summed E-state index contributed by atoms with van der Waals surface area (Å²) in [6.45, 7) is 0.893. The number of aliphatic hydroxyl groups is 1. The molecule has 1 saturated heterocycles. The van der Waals surface area contributed by atoms with E-state index in [9.17, 15) is 13.9 Å². The normalized spacial score (nSPS) is 16.6. The average molecular weight is 450 g/mol. The van der Waals surface area contributed by atoms with Gasteiger partial charge in [0.25, 0.3) is 0 Å². The second-order valence-corrected chi connectivity index (χ2v) is 7.74. The van der Waals surface area contributed by atoms with Crippen LogP contribution in [0.25, 0.3) is 0 Å². The van der Waals surface area contributed by atoms with Gasteiger partial charge in [0.1, 0.15) is 30.0 Å². The number of alkyl halides is 2. The number of rotatable bonds is 7. The SMILES string of the molecule is OC(Cn1cncn1)(c1ccc(F)cc1F)C(F)(F)Oc1ccc(N2CCCCC2)cc1. The first kappa shape index (κ1) is 22.1. The van der Waals surface area contributed by atoms with Crippen LogP contribution in [0.4, 0.5) is 23.2 Å². The van der Waals surface area contributed by atoms with Crippen molar-refractivity contribution in [1.29, 1.82) is 0 Å². The molecule has 1 aromatic heterocycles. The second-order valence-electron chi connectivity index (χ2n) is 7.74. The molecule has 1 aliphatic heterocycles. The smallest absolute Gasteiger partial charge is 0.430 e. The average Bonchev–Trinajstić information content (AvgIpc) is 3.27. The number of piperidine rings is 1. The van der Waals surface area contributed by atoms with Crippen LogP contribution in [0.5, 0.6) is 5.75 Å². The lowest BCUT2D eigenvalue weighted by molar-refractivity contribution is -0.301. The Bertz CT molecular complexity index is 1040. The minimum atomic E-state index is -4.30. The second kappa shape index (κ2) is 8.78. The Labute approximate surface area is 182 Å². The minimum Gasteiger partial charge on any atom is -0.430 e. The first-order chi connectivity index (χ1) is 15.3. The van der Waals surface area contributed by atoms with Crippen LogP contribution in [0.1, 0.15) is 24.8 Å². The van der Waals surface area contributed by atoms with Crippen LogP contribution in [-0.4, -0.2) is 39.1 Å². The summed E-state index contributed by atoms with van der Waals surface area (Å²) in [5, 5.41) is 14.8. The molecule has 170 valence electrons. The van der Waals surface area contributed by atoms with E-state index in [0.717, 1.165) is 67.5 Å². The van der Waals surface area contributed by atoms with Crippen LogP contribution in [0.3, 0.4) is 0 Å². The summed E-state index contributed by atoms with van der Waals surface area (Å²) in [6, 6.07) is 8.03. The summed E-state index contributed by atoms with van der Waals surface area (Å²) in [5.74, 6) is -2.52. The highest BCUT2D eigenvalue weighted by atomic mass is 19.3. The van der Waals surface area contributed by atoms with Crippen molar-refractivity contribution < 1.29 is 27.4 Å². The molecule has 2 aromatic carbocycles. The standard InChI is InChI=1S/C22H22F4N4O2/c23-16-4-9-19(20(24)12-16)21(31,13-30-15-27-14-28-30)22(25,26)32-18-7-5-17(6-8-18)29-10-2-1-3-11-29/h4-9,12,14-15,31H,1-3,10-11,13H2. The monoisotopic (exact) mass is 450 g/mol. The molecule has 1 unspecified atom stereocenters. The summed E-state index contributed by atoms with van der Waals surface area (Å²) >= 11 is 0. The summed E-state index contributed by atoms with van der Waals surface area (Å²) in [5.41, 5.74) is -3.16. The lowest BCUT2D eigenvalue weighted by Crippen LogP contribution is -2.52. The third-order valence-corrected chi connectivity index (χ3v) is 5.52. The molecule has 0 bridgehead atoms. The number of benzene rings is 2. The van der Waals surface area contributed by atoms with Crippen LogP contribution in [-0.2, 0) is 12.1 Å². The quantitative estimate of drug-likeness (QED) is 0.549. The fraction of sp³-hybridized carbons (Fsp3) is 0.364. The number of aromatic nitrogens is 3. The van der Waals surface area contributed by atoms with Gasteiger partial charge in [-0.25, -0.2) is 18.4 Å². The number of hydrogen-bond donors (Lipinski definition) is 1. The first-order valence-corrected chi connectivity index (χ1v) is 10.2. The molecule has 0 amide bonds. The highest BCUT2D eigenvalue weighted by Gasteiger charge is 2.58. The molecule has 0 radical (unpaired) electrons. The molecule has 1 fully saturated rings. The maximum absolute atomic E-state index is 15.4. The van der Waals surface area contributed by atoms with Gasteiger partial charge in [-0.15, -0.1) is 0 Å². The van der Waals surface area contributed by atoms with Gasteiger partial charge in [0, 0.05) is 30.4 Å². The summed E-state index contributed by atoms with van der Waals surface area (Å²) < 4.78 is 64.4. The van der Waals surface area contributed by atoms with Crippen molar-refractivity contribution in [3.8, 4) is 5.75 Å². The number of anilines is 1. The number of ether oxygens (including phenoxy) is 1. The van der Waals surface area contributed by atoms with Crippen molar-refractivity contribution >= 4 is 5.69 Å². The van der Waals surface area contributed by atoms with Crippen LogP contribution < -0.4 is 9.64 Å². The van der Waals surface area contributed by atoms with Crippen LogP contribution in [0.15, 0.2) is 55.1 Å². The molecule has 1 aliphatic rings. The Morgan fingerprint density at radius 3 is 2.34 bits per heavy atom. The van der Waals surface area contributed by atoms with Crippen molar-refractivity contribution in [2.24, 2.45) is 0 Å². The topological polar surface area (TPSA) is 63.4 Å². The number of halogens is 4. The zero-order valence-electron chi connectivity index (χ0n) is 17.1. The van der Waals surface area contributed by atoms with Gasteiger partial charge in [-0.05, 0) is 55.7 Å². The Balaban J connectivity index is 1.63. The van der Waals surface area contributed by atoms with E-state index in [0.29, 0.717) is 6.07 Å². The Morgan fingerprint density at radius 1 is 1.00 bits per heavy atom. The molecule has 0 aliphatic carbocycles. The fourth-order valence-corrected chi connectivity index (χ4v) is 3.82. The molecule has 10 heteroatoms. The third-order valence-electron chi connectivity index (χ3n) is 5.52. The van der Waals surface area contributed by atoms with Gasteiger partial charge in [-0.2, -0.15) is 13.9 Å². The highest BCUT2D eigenvalue weighted by Crippen LogP contribution is 2.42. The van der Waals surface area contributed by atoms with Crippen molar-refractivity contribution in [3.63, 3.8) is 0 Å². The molecule has 0 spiro atoms. The third kappa shape index (κ3) is 4.40. The molecule has 2 heterocycles. The molecular formula is C22H22F4N4O2. The Kier molecular flexibility index (Phi) is 6.05. The lowest BCUT2D eigenvalue weighted by atomic mass is 9.91. The minimum absolute atomic E-state index is 0.213. The molecule has 6 nitrogen and oxygen atoms in total. The number of nitrogens with zero attached hydrogens (tertiary/aromatic N) is 4. The van der Waals surface area contributed by atoms with Crippen molar-refractivity contribution in [1.82, 2.24) is 14.8 Å². The molecule has 4 rings (SSSR count). The first-order valence-electron chi connectivity index (χ1n) is 10.2. The Morgan fingerprint density at radius 2 is 1.72 bits per heavy atom. The van der Waals surface area contributed by atoms with E-state index in [1.807, 2.05) is 0 Å². The molecular weight excluding hydrogens is 428 g/mol. The van der Waals surface area contributed by atoms with E-state index >= 15 is 8.78 Å². The number of hydrogen-bond acceptors (Lipinski definition) is 5. The van der Waals surface area contributed by atoms with E-state index in [-0.39, 0.29) is 5.75 Å². The summed E-state index contributed by atoms with van der Waals surface area (Å²) in [7, 11) is 0. The van der Waals surface area contributed by atoms with E-state index in [2.05, 4.69) is 15.0 Å². The van der Waals surface area contributed by atoms with Gasteiger partial charge < -0.3 is 14.7 Å². The molecule has 0 saturated carbocycles. The van der Waals surface area contributed by atoms with Gasteiger partial charge in [0.15, 0.2) is 0 Å². The van der Waals surface area contributed by atoms with Gasteiger partial charge in [0.05, 0.1) is 6.54 Å². The van der Waals surface area contributed by atoms with Gasteiger partial charge in [0.2, 0.25) is 5.60 Å². The maximum Gasteiger partial charge on any atom is 0.433 e. The maximum atomic E-state index is 15.4. The lowest BCUT2D eigenvalue weighted by Gasteiger charge is -2.35. The van der Waals surface area contributed by atoms with Gasteiger partial charge in [-0.1, -0.05) is 0 Å².